The fourth-order valence-corrected chi connectivity index (χ4v) is 3.71. The maximum absolute atomic E-state index is 13.0. The van der Waals surface area contributed by atoms with Crippen molar-refractivity contribution in [3.8, 4) is 0 Å². The second-order valence-corrected chi connectivity index (χ2v) is 8.81. The Hall–Kier alpha value is -3.28. The zero-order chi connectivity index (χ0) is 25.1. The molecule has 0 radical (unpaired) electrons. The van der Waals surface area contributed by atoms with E-state index in [2.05, 4.69) is 43.1 Å². The third kappa shape index (κ3) is 7.94. The lowest BCUT2D eigenvalue weighted by Gasteiger charge is -2.14. The first-order valence-electron chi connectivity index (χ1n) is 12.0. The number of nitrogens with two attached hydrogens (primary N) is 1. The Morgan fingerprint density at radius 1 is 1.24 bits per heavy atom. The molecule has 1 aromatic carbocycles. The molecule has 6 heteroatoms. The summed E-state index contributed by atoms with van der Waals surface area (Å²) in [6.45, 7) is 9.63. The van der Waals surface area contributed by atoms with Crippen LogP contribution in [-0.2, 0) is 17.6 Å². The first-order chi connectivity index (χ1) is 16.3. The highest BCUT2D eigenvalue weighted by Crippen LogP contribution is 2.24. The number of carbonyl (C=O) groups excluding carboxylic acids is 1. The molecule has 2 rings (SSSR count). The molecule has 6 nitrogen and oxygen atoms in total. The van der Waals surface area contributed by atoms with Gasteiger partial charge in [0.05, 0.1) is 12.8 Å². The maximum Gasteiger partial charge on any atom is 0.348 e. The van der Waals surface area contributed by atoms with Crippen molar-refractivity contribution >= 4 is 11.5 Å². The number of carbonyl (C=O) groups is 1. The molecule has 0 amide bonds. The minimum Gasteiger partial charge on any atom is -0.483 e. The summed E-state index contributed by atoms with van der Waals surface area (Å²) in [4.78, 5) is 25.7. The molecule has 2 aromatic rings. The van der Waals surface area contributed by atoms with Crippen molar-refractivity contribution in [3.63, 3.8) is 0 Å². The van der Waals surface area contributed by atoms with Crippen molar-refractivity contribution in [3.05, 3.63) is 87.9 Å². The number of benzene rings is 1. The molecular weight excluding hydrogens is 428 g/mol. The first kappa shape index (κ1) is 27.0. The number of methoxy groups -OCH3 is 1. The van der Waals surface area contributed by atoms with Crippen molar-refractivity contribution in [1.82, 2.24) is 5.32 Å². The van der Waals surface area contributed by atoms with Gasteiger partial charge in [-0.15, -0.1) is 0 Å². The fourth-order valence-electron chi connectivity index (χ4n) is 3.71. The Morgan fingerprint density at radius 3 is 2.53 bits per heavy atom. The quantitative estimate of drug-likeness (QED) is 0.273. The van der Waals surface area contributed by atoms with E-state index in [1.54, 1.807) is 19.4 Å². The molecule has 0 saturated heterocycles. The number of hydrogen-bond donors (Lipinski definition) is 2. The number of unbranched alkanes of at least 4 members (excludes halogenated alkanes) is 1. The van der Waals surface area contributed by atoms with Crippen LogP contribution in [0.15, 0.2) is 64.3 Å². The van der Waals surface area contributed by atoms with E-state index >= 15 is 0 Å². The third-order valence-corrected chi connectivity index (χ3v) is 5.94. The monoisotopic (exact) mass is 466 g/mol. The topological polar surface area (TPSA) is 94.6 Å². The van der Waals surface area contributed by atoms with Gasteiger partial charge in [0.25, 0.3) is 0 Å². The van der Waals surface area contributed by atoms with Gasteiger partial charge in [-0.25, -0.2) is 4.79 Å². The molecule has 0 aliphatic heterocycles. The molecule has 2 unspecified atom stereocenters. The molecule has 0 aliphatic carbocycles. The van der Waals surface area contributed by atoms with E-state index in [-0.39, 0.29) is 28.9 Å². The Labute approximate surface area is 202 Å². The number of allylic oxidation sites excluding steroid dienone is 1. The van der Waals surface area contributed by atoms with Gasteiger partial charge in [-0.05, 0) is 56.0 Å². The molecule has 3 N–H and O–H groups in total. The molecule has 0 bridgehead atoms. The molecule has 0 spiro atoms. The fraction of sp³-hybridized carbons (Fsp3) is 0.429. The number of aryl methyl sites for hydroxylation is 1. The van der Waals surface area contributed by atoms with Crippen LogP contribution in [0.5, 0.6) is 0 Å². The lowest BCUT2D eigenvalue weighted by molar-refractivity contribution is 0.0926. The number of hydrogen-bond acceptors (Lipinski definition) is 6. The van der Waals surface area contributed by atoms with Crippen molar-refractivity contribution in [1.29, 1.82) is 0 Å². The van der Waals surface area contributed by atoms with Crippen LogP contribution in [0.3, 0.4) is 0 Å². The van der Waals surface area contributed by atoms with Crippen LogP contribution in [-0.4, -0.2) is 12.9 Å². The Bertz CT molecular complexity index is 1040. The van der Waals surface area contributed by atoms with E-state index in [0.29, 0.717) is 18.1 Å². The van der Waals surface area contributed by atoms with Gasteiger partial charge >= 0.3 is 5.63 Å². The van der Waals surface area contributed by atoms with Gasteiger partial charge in [0.15, 0.2) is 11.7 Å². The summed E-state index contributed by atoms with van der Waals surface area (Å²) in [5.74, 6) is 0.249. The van der Waals surface area contributed by atoms with Crippen molar-refractivity contribution < 1.29 is 13.9 Å². The molecular formula is C28H38N2O4. The van der Waals surface area contributed by atoms with Gasteiger partial charge in [0.2, 0.25) is 0 Å². The molecule has 0 fully saturated rings. The van der Waals surface area contributed by atoms with Crippen molar-refractivity contribution in [2.75, 3.05) is 12.8 Å². The number of ether oxygens (including phenoxy) is 1. The summed E-state index contributed by atoms with van der Waals surface area (Å²) < 4.78 is 10.4. The minimum absolute atomic E-state index is 0.0296. The normalized spacial score (nSPS) is 12.9. The summed E-state index contributed by atoms with van der Waals surface area (Å²) in [7, 11) is 1.54. The predicted molar refractivity (Wildman–Crippen MR) is 138 cm³/mol. The largest absolute Gasteiger partial charge is 0.483 e. The van der Waals surface area contributed by atoms with E-state index in [4.69, 9.17) is 14.9 Å². The second-order valence-electron chi connectivity index (χ2n) is 8.81. The highest BCUT2D eigenvalue weighted by atomic mass is 16.5. The number of anilines is 1. The van der Waals surface area contributed by atoms with E-state index < -0.39 is 5.63 Å². The maximum atomic E-state index is 13.0. The summed E-state index contributed by atoms with van der Waals surface area (Å²) in [5, 5.41) is 2.89. The van der Waals surface area contributed by atoms with Gasteiger partial charge in [-0.2, -0.15) is 0 Å². The van der Waals surface area contributed by atoms with Gasteiger partial charge in [-0.1, -0.05) is 57.5 Å². The molecule has 184 valence electrons. The van der Waals surface area contributed by atoms with Gasteiger partial charge in [0, 0.05) is 17.9 Å². The Balaban J connectivity index is 2.01. The van der Waals surface area contributed by atoms with Crippen LogP contribution in [0.2, 0.25) is 0 Å². The van der Waals surface area contributed by atoms with E-state index in [1.165, 1.54) is 5.56 Å². The molecule has 1 aromatic heterocycles. The number of nitrogen functional groups attached to an aromatic ring is 1. The Morgan fingerprint density at radius 2 is 1.91 bits per heavy atom. The summed E-state index contributed by atoms with van der Waals surface area (Å²) in [5.41, 5.74) is 7.98. The van der Waals surface area contributed by atoms with E-state index in [0.717, 1.165) is 37.7 Å². The van der Waals surface area contributed by atoms with Crippen molar-refractivity contribution in [2.45, 2.75) is 65.2 Å². The predicted octanol–water partition coefficient (Wildman–Crippen LogP) is 5.73. The van der Waals surface area contributed by atoms with Crippen molar-refractivity contribution in [2.24, 2.45) is 5.92 Å². The highest BCUT2D eigenvalue weighted by molar-refractivity contribution is 6.01. The van der Waals surface area contributed by atoms with Gasteiger partial charge in [-0.3, -0.25) is 4.79 Å². The minimum atomic E-state index is -0.665. The van der Waals surface area contributed by atoms with Crippen LogP contribution in [0, 0.1) is 5.92 Å². The van der Waals surface area contributed by atoms with Crippen LogP contribution in [0.1, 0.15) is 79.6 Å². The van der Waals surface area contributed by atoms with Gasteiger partial charge < -0.3 is 20.2 Å². The lowest BCUT2D eigenvalue weighted by Crippen LogP contribution is -2.24. The third-order valence-electron chi connectivity index (χ3n) is 5.94. The number of ketones is 1. The standard InChI is InChI=1S/C28H38N2O4/c1-6-7-11-22-12-14-23(15-13-22)17-20(3)27(31)26-24(29)18-25(34-28(26)32)19(2)10-8-9-16-30-21(4)33-5/h9,12-16,18-20,30H,4,6-8,10-11,17,29H2,1-3,5H3/b16-9+. The van der Waals surface area contributed by atoms with Crippen LogP contribution in [0.25, 0.3) is 0 Å². The van der Waals surface area contributed by atoms with Crippen LogP contribution >= 0.6 is 0 Å². The molecule has 0 saturated carbocycles. The first-order valence-corrected chi connectivity index (χ1v) is 12.0. The number of Topliss-reactive ketones (excluding diaryl/α,β-unsaturated/α-hetero) is 1. The zero-order valence-corrected chi connectivity index (χ0v) is 20.9. The highest BCUT2D eigenvalue weighted by Gasteiger charge is 2.24. The molecule has 2 atom stereocenters. The summed E-state index contributed by atoms with van der Waals surface area (Å²) in [6, 6.07) is 9.95. The molecule has 1 heterocycles. The smallest absolute Gasteiger partial charge is 0.348 e. The summed E-state index contributed by atoms with van der Waals surface area (Å²) in [6.07, 6.45) is 9.13. The average Bonchev–Trinajstić information content (AvgIpc) is 2.82. The van der Waals surface area contributed by atoms with Crippen LogP contribution < -0.4 is 16.7 Å². The molecule has 34 heavy (non-hydrogen) atoms. The lowest BCUT2D eigenvalue weighted by atomic mass is 9.92. The second kappa shape index (κ2) is 13.4. The zero-order valence-electron chi connectivity index (χ0n) is 20.9. The van der Waals surface area contributed by atoms with Gasteiger partial charge in [0.1, 0.15) is 11.3 Å². The average molecular weight is 467 g/mol. The van der Waals surface area contributed by atoms with E-state index in [1.807, 2.05) is 19.9 Å². The number of rotatable bonds is 14. The Kier molecular flexibility index (Phi) is 10.7. The van der Waals surface area contributed by atoms with Crippen LogP contribution in [0.4, 0.5) is 5.69 Å². The molecule has 0 aliphatic rings. The number of nitrogens with one attached hydrogen (secondary N) is 1. The summed E-state index contributed by atoms with van der Waals surface area (Å²) >= 11 is 0. The van der Waals surface area contributed by atoms with E-state index in [9.17, 15) is 9.59 Å². The SMILES string of the molecule is C=C(N/C=C/CCC(C)c1cc(N)c(C(=O)C(C)Cc2ccc(CCCC)cc2)c(=O)o1)OC.